The van der Waals surface area contributed by atoms with Crippen molar-refractivity contribution in [1.82, 2.24) is 4.57 Å². The Kier molecular flexibility index (Phi) is 3.85. The van der Waals surface area contributed by atoms with Crippen LogP contribution in [-0.2, 0) is 13.5 Å². The van der Waals surface area contributed by atoms with Gasteiger partial charge in [0.05, 0.1) is 0 Å². The summed E-state index contributed by atoms with van der Waals surface area (Å²) in [5, 5.41) is 8.94. The van der Waals surface area contributed by atoms with Crippen LogP contribution in [0.1, 0.15) is 26.4 Å². The van der Waals surface area contributed by atoms with Crippen molar-refractivity contribution in [1.29, 1.82) is 0 Å². The number of Topliss-reactive ketones (excluding diaryl/α,β-unsaturated/α-hetero) is 1. The first-order valence-corrected chi connectivity index (χ1v) is 6.44. The predicted octanol–water partition coefficient (Wildman–Crippen LogP) is 2.91. The monoisotopic (exact) mass is 321 g/mol. The number of carbonyl (C=O) groups excluding carboxylic acids is 1. The van der Waals surface area contributed by atoms with Gasteiger partial charge in [-0.1, -0.05) is 28.1 Å². The second kappa shape index (κ2) is 5.40. The van der Waals surface area contributed by atoms with Crippen LogP contribution < -0.4 is 0 Å². The van der Waals surface area contributed by atoms with Crippen molar-refractivity contribution < 1.29 is 14.7 Å². The van der Waals surface area contributed by atoms with Crippen molar-refractivity contribution >= 4 is 27.7 Å². The van der Waals surface area contributed by atoms with E-state index in [1.54, 1.807) is 13.2 Å². The standard InChI is InChI=1S/C14H12BrNO3/c1-16-8-10(7-12(16)14(18)19)13(17)6-9-2-4-11(15)5-3-9/h2-5,7-8H,6H2,1H3,(H,18,19). The van der Waals surface area contributed by atoms with E-state index < -0.39 is 5.97 Å². The summed E-state index contributed by atoms with van der Waals surface area (Å²) in [5.74, 6) is -1.13. The second-order valence-corrected chi connectivity index (χ2v) is 5.17. The molecule has 4 nitrogen and oxygen atoms in total. The number of hydrogen-bond acceptors (Lipinski definition) is 2. The number of carboxylic acid groups (broad SMARTS) is 1. The molecule has 0 bridgehead atoms. The maximum atomic E-state index is 12.1. The lowest BCUT2D eigenvalue weighted by molar-refractivity contribution is 0.0686. The topological polar surface area (TPSA) is 59.3 Å². The molecule has 0 radical (unpaired) electrons. The van der Waals surface area contributed by atoms with Gasteiger partial charge in [-0.2, -0.15) is 0 Å². The van der Waals surface area contributed by atoms with Crippen molar-refractivity contribution in [3.63, 3.8) is 0 Å². The van der Waals surface area contributed by atoms with Crippen molar-refractivity contribution in [2.24, 2.45) is 7.05 Å². The molecule has 1 N–H and O–H groups in total. The van der Waals surface area contributed by atoms with E-state index in [4.69, 9.17) is 5.11 Å². The molecule has 2 rings (SSSR count). The smallest absolute Gasteiger partial charge is 0.352 e. The molecule has 5 heteroatoms. The number of nitrogens with zero attached hydrogens (tertiary/aromatic N) is 1. The molecule has 0 aliphatic heterocycles. The zero-order valence-electron chi connectivity index (χ0n) is 10.3. The largest absolute Gasteiger partial charge is 0.477 e. The van der Waals surface area contributed by atoms with Crippen molar-refractivity contribution in [2.45, 2.75) is 6.42 Å². The van der Waals surface area contributed by atoms with Crippen LogP contribution in [0.15, 0.2) is 41.0 Å². The van der Waals surface area contributed by atoms with E-state index in [0.717, 1.165) is 10.0 Å². The molecule has 1 aromatic heterocycles. The Morgan fingerprint density at radius 2 is 1.89 bits per heavy atom. The minimum Gasteiger partial charge on any atom is -0.477 e. The SMILES string of the molecule is Cn1cc(C(=O)Cc2ccc(Br)cc2)cc1C(=O)O. The summed E-state index contributed by atoms with van der Waals surface area (Å²) < 4.78 is 2.40. The highest BCUT2D eigenvalue weighted by molar-refractivity contribution is 9.10. The van der Waals surface area contributed by atoms with Gasteiger partial charge < -0.3 is 9.67 Å². The Balaban J connectivity index is 2.18. The summed E-state index contributed by atoms with van der Waals surface area (Å²) in [6, 6.07) is 8.88. The number of aryl methyl sites for hydroxylation is 1. The third-order valence-corrected chi connectivity index (χ3v) is 3.35. The van der Waals surface area contributed by atoms with E-state index in [0.29, 0.717) is 5.56 Å². The van der Waals surface area contributed by atoms with E-state index in [1.165, 1.54) is 10.6 Å². The van der Waals surface area contributed by atoms with E-state index in [2.05, 4.69) is 15.9 Å². The molecule has 0 unspecified atom stereocenters. The number of ketones is 1. The summed E-state index contributed by atoms with van der Waals surface area (Å²) >= 11 is 3.33. The minimum absolute atomic E-state index is 0.0922. The van der Waals surface area contributed by atoms with Gasteiger partial charge in [-0.3, -0.25) is 4.79 Å². The highest BCUT2D eigenvalue weighted by Crippen LogP contribution is 2.14. The van der Waals surface area contributed by atoms with Crippen LogP contribution in [0.2, 0.25) is 0 Å². The molecule has 1 heterocycles. The van der Waals surface area contributed by atoms with Gasteiger partial charge in [-0.25, -0.2) is 4.79 Å². The molecule has 2 aromatic rings. The maximum Gasteiger partial charge on any atom is 0.352 e. The first-order valence-electron chi connectivity index (χ1n) is 5.64. The third kappa shape index (κ3) is 3.12. The molecule has 98 valence electrons. The van der Waals surface area contributed by atoms with Gasteiger partial charge in [0, 0.05) is 29.7 Å². The lowest BCUT2D eigenvalue weighted by Gasteiger charge is -1.99. The summed E-state index contributed by atoms with van der Waals surface area (Å²) in [6.45, 7) is 0. The Morgan fingerprint density at radius 3 is 2.42 bits per heavy atom. The van der Waals surface area contributed by atoms with Crippen LogP contribution in [0, 0.1) is 0 Å². The Hall–Kier alpha value is -1.88. The molecule has 0 aliphatic rings. The van der Waals surface area contributed by atoms with Gasteiger partial charge in [-0.15, -0.1) is 0 Å². The summed E-state index contributed by atoms with van der Waals surface area (Å²) in [5.41, 5.74) is 1.43. The van der Waals surface area contributed by atoms with Crippen LogP contribution >= 0.6 is 15.9 Å². The number of aromatic carboxylic acids is 1. The number of aromatic nitrogens is 1. The fourth-order valence-corrected chi connectivity index (χ4v) is 2.08. The Labute approximate surface area is 118 Å². The number of carbonyl (C=O) groups is 2. The number of hydrogen-bond donors (Lipinski definition) is 1. The quantitative estimate of drug-likeness (QED) is 0.881. The molecule has 0 amide bonds. The average molecular weight is 322 g/mol. The molecule has 0 spiro atoms. The average Bonchev–Trinajstić information content (AvgIpc) is 2.74. The zero-order valence-corrected chi connectivity index (χ0v) is 11.8. The fraction of sp³-hybridized carbons (Fsp3) is 0.143. The molecular formula is C14H12BrNO3. The molecule has 0 saturated heterocycles. The molecule has 0 fully saturated rings. The van der Waals surface area contributed by atoms with Gasteiger partial charge >= 0.3 is 5.97 Å². The lowest BCUT2D eigenvalue weighted by Crippen LogP contribution is -2.02. The zero-order chi connectivity index (χ0) is 14.0. The molecule has 19 heavy (non-hydrogen) atoms. The summed E-state index contributed by atoms with van der Waals surface area (Å²) in [7, 11) is 1.61. The highest BCUT2D eigenvalue weighted by atomic mass is 79.9. The first-order chi connectivity index (χ1) is 8.97. The van der Waals surface area contributed by atoms with E-state index in [1.807, 2.05) is 24.3 Å². The fourth-order valence-electron chi connectivity index (χ4n) is 1.82. The van der Waals surface area contributed by atoms with Gasteiger partial charge in [0.1, 0.15) is 5.69 Å². The van der Waals surface area contributed by atoms with E-state index in [9.17, 15) is 9.59 Å². The molecular weight excluding hydrogens is 310 g/mol. The minimum atomic E-state index is -1.04. The van der Waals surface area contributed by atoms with E-state index in [-0.39, 0.29) is 17.9 Å². The van der Waals surface area contributed by atoms with Crippen molar-refractivity contribution in [3.8, 4) is 0 Å². The molecule has 1 aromatic carbocycles. The normalized spacial score (nSPS) is 10.4. The van der Waals surface area contributed by atoms with Gasteiger partial charge in [0.15, 0.2) is 5.78 Å². The molecule has 0 atom stereocenters. The van der Waals surface area contributed by atoms with Crippen LogP contribution in [0.5, 0.6) is 0 Å². The van der Waals surface area contributed by atoms with Gasteiger partial charge in [0.2, 0.25) is 0 Å². The van der Waals surface area contributed by atoms with Crippen LogP contribution in [0.3, 0.4) is 0 Å². The summed E-state index contributed by atoms with van der Waals surface area (Å²) in [4.78, 5) is 23.0. The maximum absolute atomic E-state index is 12.1. The van der Waals surface area contributed by atoms with Crippen LogP contribution in [-0.4, -0.2) is 21.4 Å². The first kappa shape index (κ1) is 13.5. The van der Waals surface area contributed by atoms with Gasteiger partial charge in [0.25, 0.3) is 0 Å². The highest BCUT2D eigenvalue weighted by Gasteiger charge is 2.15. The van der Waals surface area contributed by atoms with Crippen molar-refractivity contribution in [3.05, 3.63) is 57.8 Å². The van der Waals surface area contributed by atoms with Crippen molar-refractivity contribution in [2.75, 3.05) is 0 Å². The van der Waals surface area contributed by atoms with Crippen LogP contribution in [0.4, 0.5) is 0 Å². The number of halogens is 1. The number of rotatable bonds is 4. The molecule has 0 aliphatic carbocycles. The Morgan fingerprint density at radius 1 is 1.26 bits per heavy atom. The third-order valence-electron chi connectivity index (χ3n) is 2.82. The molecule has 0 saturated carbocycles. The number of carboxylic acids is 1. The number of benzene rings is 1. The Bertz CT molecular complexity index is 629. The lowest BCUT2D eigenvalue weighted by atomic mass is 10.1. The van der Waals surface area contributed by atoms with Crippen LogP contribution in [0.25, 0.3) is 0 Å². The second-order valence-electron chi connectivity index (χ2n) is 4.26. The van der Waals surface area contributed by atoms with E-state index >= 15 is 0 Å². The van der Waals surface area contributed by atoms with Gasteiger partial charge in [-0.05, 0) is 23.8 Å². The summed E-state index contributed by atoms with van der Waals surface area (Å²) in [6.07, 6.45) is 1.81. The predicted molar refractivity (Wildman–Crippen MR) is 74.5 cm³/mol.